The highest BCUT2D eigenvalue weighted by Crippen LogP contribution is 2.65. The van der Waals surface area contributed by atoms with Crippen molar-refractivity contribution in [2.45, 2.75) is 71.3 Å². The van der Waals surface area contributed by atoms with Crippen molar-refractivity contribution >= 4 is 5.71 Å². The standard InChI is InChI=1S/C21H34N2O/c1-20-11-9-15(22-23(3)4)13-14(20)5-6-16-17-7-8-19(24)21(17,2)12-10-18(16)20/h13,16-19,24H,5-12H2,1-4H3/b22-15-. The summed E-state index contributed by atoms with van der Waals surface area (Å²) < 4.78 is 0. The molecule has 0 saturated heterocycles. The predicted octanol–water partition coefficient (Wildman–Crippen LogP) is 4.23. The lowest BCUT2D eigenvalue weighted by Gasteiger charge is -2.57. The van der Waals surface area contributed by atoms with Crippen LogP contribution in [0.4, 0.5) is 0 Å². The Morgan fingerprint density at radius 1 is 1.04 bits per heavy atom. The first-order chi connectivity index (χ1) is 11.3. The molecule has 4 aliphatic carbocycles. The SMILES string of the molecule is CN(C)/N=C1\C=C2CCC3C(CCC4(C)C(O)CCC34)C2(C)CC1. The normalized spacial score (nSPS) is 49.2. The van der Waals surface area contributed by atoms with Crippen molar-refractivity contribution in [3.8, 4) is 0 Å². The van der Waals surface area contributed by atoms with Gasteiger partial charge in [-0.1, -0.05) is 19.4 Å². The zero-order chi connectivity index (χ0) is 17.1. The predicted molar refractivity (Wildman–Crippen MR) is 98.8 cm³/mol. The lowest BCUT2D eigenvalue weighted by atomic mass is 9.47. The quantitative estimate of drug-likeness (QED) is 0.730. The van der Waals surface area contributed by atoms with Gasteiger partial charge in [-0.2, -0.15) is 5.10 Å². The fourth-order valence-electron chi connectivity index (χ4n) is 6.88. The van der Waals surface area contributed by atoms with Gasteiger partial charge in [-0.05, 0) is 86.0 Å². The summed E-state index contributed by atoms with van der Waals surface area (Å²) in [6.45, 7) is 4.91. The molecule has 0 bridgehead atoms. The molecule has 3 heteroatoms. The Bertz CT molecular complexity index is 580. The molecule has 0 heterocycles. The summed E-state index contributed by atoms with van der Waals surface area (Å²) in [5, 5.41) is 17.2. The van der Waals surface area contributed by atoms with E-state index in [1.807, 2.05) is 19.1 Å². The van der Waals surface area contributed by atoms with Crippen LogP contribution in [0.1, 0.15) is 65.2 Å². The maximum atomic E-state index is 10.6. The molecule has 0 amide bonds. The van der Waals surface area contributed by atoms with Gasteiger partial charge in [0.05, 0.1) is 11.8 Å². The lowest BCUT2D eigenvalue weighted by Crippen LogP contribution is -2.51. The van der Waals surface area contributed by atoms with Crippen LogP contribution < -0.4 is 0 Å². The zero-order valence-corrected chi connectivity index (χ0v) is 15.9. The largest absolute Gasteiger partial charge is 0.393 e. The van der Waals surface area contributed by atoms with Crippen LogP contribution in [0.25, 0.3) is 0 Å². The number of hydrogen-bond donors (Lipinski definition) is 1. The smallest absolute Gasteiger partial charge is 0.0605 e. The molecule has 3 fully saturated rings. The van der Waals surface area contributed by atoms with Crippen LogP contribution in [0.3, 0.4) is 0 Å². The summed E-state index contributed by atoms with van der Waals surface area (Å²) >= 11 is 0. The molecule has 0 spiro atoms. The van der Waals surface area contributed by atoms with Gasteiger partial charge in [0.15, 0.2) is 0 Å². The molecule has 24 heavy (non-hydrogen) atoms. The number of aliphatic hydroxyl groups excluding tert-OH is 1. The van der Waals surface area contributed by atoms with E-state index in [2.05, 4.69) is 25.0 Å². The Kier molecular flexibility index (Phi) is 3.87. The van der Waals surface area contributed by atoms with Gasteiger partial charge in [0, 0.05) is 14.1 Å². The van der Waals surface area contributed by atoms with Crippen molar-refractivity contribution in [1.82, 2.24) is 5.01 Å². The van der Waals surface area contributed by atoms with Crippen molar-refractivity contribution < 1.29 is 5.11 Å². The number of allylic oxidation sites excluding steroid dienone is 2. The number of hydrogen-bond acceptors (Lipinski definition) is 3. The molecule has 6 atom stereocenters. The molecule has 3 nitrogen and oxygen atoms in total. The zero-order valence-electron chi connectivity index (χ0n) is 15.9. The molecule has 4 aliphatic rings. The van der Waals surface area contributed by atoms with E-state index in [1.165, 1.54) is 44.2 Å². The summed E-state index contributed by atoms with van der Waals surface area (Å²) in [4.78, 5) is 0. The van der Waals surface area contributed by atoms with Crippen LogP contribution >= 0.6 is 0 Å². The Morgan fingerprint density at radius 2 is 1.83 bits per heavy atom. The van der Waals surface area contributed by atoms with Gasteiger partial charge in [0.25, 0.3) is 0 Å². The van der Waals surface area contributed by atoms with Crippen LogP contribution in [-0.2, 0) is 0 Å². The van der Waals surface area contributed by atoms with Gasteiger partial charge < -0.3 is 10.1 Å². The fraction of sp³-hybridized carbons (Fsp3) is 0.857. The third-order valence-corrected chi connectivity index (χ3v) is 8.26. The fourth-order valence-corrected chi connectivity index (χ4v) is 6.88. The maximum Gasteiger partial charge on any atom is 0.0605 e. The summed E-state index contributed by atoms with van der Waals surface area (Å²) in [7, 11) is 4.03. The number of rotatable bonds is 1. The maximum absolute atomic E-state index is 10.6. The Hall–Kier alpha value is -0.830. The number of hydrazone groups is 1. The van der Waals surface area contributed by atoms with Crippen LogP contribution in [0, 0.1) is 28.6 Å². The van der Waals surface area contributed by atoms with Crippen molar-refractivity contribution in [3.63, 3.8) is 0 Å². The molecule has 3 saturated carbocycles. The highest BCUT2D eigenvalue weighted by Gasteiger charge is 2.58. The molecule has 1 N–H and O–H groups in total. The Morgan fingerprint density at radius 3 is 2.58 bits per heavy atom. The van der Waals surface area contributed by atoms with Crippen LogP contribution in [0.5, 0.6) is 0 Å². The average molecular weight is 331 g/mol. The molecule has 0 aromatic rings. The first-order valence-electron chi connectivity index (χ1n) is 9.98. The van der Waals surface area contributed by atoms with Crippen LogP contribution in [-0.4, -0.2) is 36.0 Å². The van der Waals surface area contributed by atoms with Gasteiger partial charge in [0.1, 0.15) is 0 Å². The highest BCUT2D eigenvalue weighted by molar-refractivity contribution is 5.96. The van der Waals surface area contributed by atoms with E-state index >= 15 is 0 Å². The molecular weight excluding hydrogens is 296 g/mol. The third kappa shape index (κ3) is 2.30. The Labute approximate surface area is 147 Å². The van der Waals surface area contributed by atoms with Crippen molar-refractivity contribution in [2.75, 3.05) is 14.1 Å². The topological polar surface area (TPSA) is 35.8 Å². The minimum atomic E-state index is -0.0571. The van der Waals surface area contributed by atoms with Crippen molar-refractivity contribution in [2.24, 2.45) is 33.7 Å². The van der Waals surface area contributed by atoms with Gasteiger partial charge in [0.2, 0.25) is 0 Å². The van der Waals surface area contributed by atoms with Gasteiger partial charge in [-0.15, -0.1) is 0 Å². The number of nitrogens with zero attached hydrogens (tertiary/aromatic N) is 2. The van der Waals surface area contributed by atoms with E-state index in [0.29, 0.717) is 5.41 Å². The second kappa shape index (κ2) is 5.59. The van der Waals surface area contributed by atoms with E-state index in [-0.39, 0.29) is 11.5 Å². The first-order valence-corrected chi connectivity index (χ1v) is 9.98. The number of aliphatic hydroxyl groups is 1. The van der Waals surface area contributed by atoms with Gasteiger partial charge in [-0.25, -0.2) is 0 Å². The summed E-state index contributed by atoms with van der Waals surface area (Å²) in [6.07, 6.45) is 12.1. The highest BCUT2D eigenvalue weighted by atomic mass is 16.3. The molecule has 0 aromatic heterocycles. The summed E-state index contributed by atoms with van der Waals surface area (Å²) in [5.74, 6) is 2.40. The lowest BCUT2D eigenvalue weighted by molar-refractivity contribution is -0.0721. The molecule has 6 unspecified atom stereocenters. The van der Waals surface area contributed by atoms with Crippen molar-refractivity contribution in [1.29, 1.82) is 0 Å². The second-order valence-corrected chi connectivity index (χ2v) is 9.58. The second-order valence-electron chi connectivity index (χ2n) is 9.58. The molecule has 0 aliphatic heterocycles. The molecule has 134 valence electrons. The first kappa shape index (κ1) is 16.6. The van der Waals surface area contributed by atoms with Crippen molar-refractivity contribution in [3.05, 3.63) is 11.6 Å². The van der Waals surface area contributed by atoms with E-state index in [0.717, 1.165) is 30.6 Å². The van der Waals surface area contributed by atoms with Crippen LogP contribution in [0.2, 0.25) is 0 Å². The van der Waals surface area contributed by atoms with E-state index in [4.69, 9.17) is 0 Å². The Balaban J connectivity index is 1.63. The molecule has 0 aromatic carbocycles. The monoisotopic (exact) mass is 330 g/mol. The minimum Gasteiger partial charge on any atom is -0.393 e. The van der Waals surface area contributed by atoms with E-state index in [9.17, 15) is 5.11 Å². The van der Waals surface area contributed by atoms with E-state index in [1.54, 1.807) is 5.57 Å². The number of fused-ring (bicyclic) bond motifs is 5. The summed E-state index contributed by atoms with van der Waals surface area (Å²) in [6, 6.07) is 0. The third-order valence-electron chi connectivity index (χ3n) is 8.26. The van der Waals surface area contributed by atoms with E-state index < -0.39 is 0 Å². The minimum absolute atomic E-state index is 0.0571. The van der Waals surface area contributed by atoms with Gasteiger partial charge in [-0.3, -0.25) is 0 Å². The molecular formula is C21H34N2O. The molecule has 4 rings (SSSR count). The van der Waals surface area contributed by atoms with Crippen LogP contribution in [0.15, 0.2) is 16.8 Å². The summed E-state index contributed by atoms with van der Waals surface area (Å²) in [5.41, 5.74) is 3.51. The average Bonchev–Trinajstić information content (AvgIpc) is 2.83. The molecule has 0 radical (unpaired) electrons. The van der Waals surface area contributed by atoms with Gasteiger partial charge >= 0.3 is 0 Å².